The van der Waals surface area contributed by atoms with Crippen LogP contribution >= 0.6 is 0 Å². The highest BCUT2D eigenvalue weighted by Crippen LogP contribution is 2.35. The molecular formula is C15H16F3N5O. The lowest BCUT2D eigenvalue weighted by molar-refractivity contribution is -0.137. The van der Waals surface area contributed by atoms with E-state index in [1.807, 2.05) is 6.92 Å². The molecule has 1 amide bonds. The minimum absolute atomic E-state index is 0.117. The Morgan fingerprint density at radius 3 is 2.62 bits per heavy atom. The van der Waals surface area contributed by atoms with E-state index >= 15 is 0 Å². The first-order valence-corrected chi connectivity index (χ1v) is 7.50. The van der Waals surface area contributed by atoms with Gasteiger partial charge >= 0.3 is 6.18 Å². The lowest BCUT2D eigenvalue weighted by atomic mass is 10.2. The third-order valence-electron chi connectivity index (χ3n) is 4.26. The van der Waals surface area contributed by atoms with Crippen LogP contribution in [0.5, 0.6) is 0 Å². The molecule has 1 fully saturated rings. The molecule has 0 N–H and O–H groups in total. The largest absolute Gasteiger partial charge is 0.417 e. The molecule has 3 rings (SSSR count). The van der Waals surface area contributed by atoms with E-state index in [2.05, 4.69) is 15.3 Å². The predicted molar refractivity (Wildman–Crippen MR) is 78.4 cm³/mol. The summed E-state index contributed by atoms with van der Waals surface area (Å²) in [6.07, 6.45) is -0.133. The number of pyridine rings is 1. The van der Waals surface area contributed by atoms with Crippen LogP contribution in [0.1, 0.15) is 35.8 Å². The van der Waals surface area contributed by atoms with Crippen LogP contribution in [-0.2, 0) is 6.18 Å². The minimum atomic E-state index is -4.45. The average molecular weight is 339 g/mol. The quantitative estimate of drug-likeness (QED) is 0.859. The number of nitrogens with zero attached hydrogens (tertiary/aromatic N) is 5. The van der Waals surface area contributed by atoms with Gasteiger partial charge in [-0.2, -0.15) is 13.2 Å². The zero-order valence-electron chi connectivity index (χ0n) is 13.2. The molecule has 0 radical (unpaired) electrons. The van der Waals surface area contributed by atoms with E-state index in [1.165, 1.54) is 16.9 Å². The number of hydrogen-bond donors (Lipinski definition) is 0. The number of carbonyl (C=O) groups is 1. The molecule has 0 saturated heterocycles. The SMILES string of the molecule is C[C@@H](C1CC1)N(C)C(=O)c1cn(-c2ccc(C(F)(F)F)cn2)nn1. The zero-order valence-corrected chi connectivity index (χ0v) is 13.2. The van der Waals surface area contributed by atoms with Crippen molar-refractivity contribution in [3.63, 3.8) is 0 Å². The van der Waals surface area contributed by atoms with Gasteiger partial charge in [-0.1, -0.05) is 5.21 Å². The fraction of sp³-hybridized carbons (Fsp3) is 0.467. The lowest BCUT2D eigenvalue weighted by Crippen LogP contribution is -2.36. The Balaban J connectivity index is 1.76. The second-order valence-electron chi connectivity index (χ2n) is 5.95. The second kappa shape index (κ2) is 5.88. The molecule has 1 aliphatic rings. The van der Waals surface area contributed by atoms with Crippen LogP contribution in [0.4, 0.5) is 13.2 Å². The molecule has 1 aliphatic carbocycles. The summed E-state index contributed by atoms with van der Waals surface area (Å²) in [5.74, 6) is 0.408. The van der Waals surface area contributed by atoms with Gasteiger partial charge in [-0.15, -0.1) is 5.10 Å². The summed E-state index contributed by atoms with van der Waals surface area (Å²) < 4.78 is 38.8. The Labute approximate surface area is 136 Å². The molecule has 0 unspecified atom stereocenters. The number of aromatic nitrogens is 4. The number of carbonyl (C=O) groups excluding carboxylic acids is 1. The molecule has 0 aromatic carbocycles. The summed E-state index contributed by atoms with van der Waals surface area (Å²) in [6, 6.07) is 2.21. The van der Waals surface area contributed by atoms with E-state index in [0.29, 0.717) is 5.92 Å². The second-order valence-corrected chi connectivity index (χ2v) is 5.95. The molecule has 9 heteroatoms. The molecule has 2 aromatic heterocycles. The molecule has 2 heterocycles. The van der Waals surface area contributed by atoms with Crippen molar-refractivity contribution >= 4 is 5.91 Å². The van der Waals surface area contributed by atoms with Gasteiger partial charge in [0.1, 0.15) is 0 Å². The molecular weight excluding hydrogens is 323 g/mol. The van der Waals surface area contributed by atoms with E-state index in [0.717, 1.165) is 25.1 Å². The van der Waals surface area contributed by atoms with E-state index in [1.54, 1.807) is 11.9 Å². The Hall–Kier alpha value is -2.45. The third kappa shape index (κ3) is 3.24. The fourth-order valence-electron chi connectivity index (χ4n) is 2.42. The first-order valence-electron chi connectivity index (χ1n) is 7.50. The van der Waals surface area contributed by atoms with Gasteiger partial charge in [-0.05, 0) is 37.8 Å². The zero-order chi connectivity index (χ0) is 17.5. The van der Waals surface area contributed by atoms with Gasteiger partial charge in [0.25, 0.3) is 5.91 Å². The van der Waals surface area contributed by atoms with Crippen molar-refractivity contribution in [1.29, 1.82) is 0 Å². The number of rotatable bonds is 4. The van der Waals surface area contributed by atoms with Crippen molar-refractivity contribution in [2.75, 3.05) is 7.05 Å². The Morgan fingerprint density at radius 1 is 1.38 bits per heavy atom. The summed E-state index contributed by atoms with van der Waals surface area (Å²) in [6.45, 7) is 1.98. The van der Waals surface area contributed by atoms with Crippen molar-refractivity contribution in [2.45, 2.75) is 32.0 Å². The highest BCUT2D eigenvalue weighted by molar-refractivity contribution is 5.92. The molecule has 1 saturated carbocycles. The van der Waals surface area contributed by atoms with Crippen LogP contribution in [0.25, 0.3) is 5.82 Å². The maximum Gasteiger partial charge on any atom is 0.417 e. The third-order valence-corrected chi connectivity index (χ3v) is 4.26. The highest BCUT2D eigenvalue weighted by atomic mass is 19.4. The van der Waals surface area contributed by atoms with Crippen molar-refractivity contribution in [2.24, 2.45) is 5.92 Å². The maximum absolute atomic E-state index is 12.5. The monoisotopic (exact) mass is 339 g/mol. The van der Waals surface area contributed by atoms with Crippen LogP contribution in [0, 0.1) is 5.92 Å². The summed E-state index contributed by atoms with van der Waals surface area (Å²) in [7, 11) is 1.71. The van der Waals surface area contributed by atoms with Crippen LogP contribution in [-0.4, -0.2) is 43.9 Å². The summed E-state index contributed by atoms with van der Waals surface area (Å²) in [4.78, 5) is 17.7. The lowest BCUT2D eigenvalue weighted by Gasteiger charge is -2.23. The van der Waals surface area contributed by atoms with E-state index in [-0.39, 0.29) is 23.5 Å². The highest BCUT2D eigenvalue weighted by Gasteiger charge is 2.33. The van der Waals surface area contributed by atoms with Crippen LogP contribution in [0.3, 0.4) is 0 Å². The summed E-state index contributed by atoms with van der Waals surface area (Å²) in [5, 5.41) is 7.58. The number of hydrogen-bond acceptors (Lipinski definition) is 4. The Bertz CT molecular complexity index is 736. The number of amides is 1. The molecule has 2 aromatic rings. The van der Waals surface area contributed by atoms with Gasteiger partial charge in [0, 0.05) is 19.3 Å². The van der Waals surface area contributed by atoms with E-state index in [9.17, 15) is 18.0 Å². The topological polar surface area (TPSA) is 63.9 Å². The molecule has 0 aliphatic heterocycles. The number of halogens is 3. The van der Waals surface area contributed by atoms with Gasteiger partial charge in [-0.25, -0.2) is 9.67 Å². The standard InChI is InChI=1S/C15H16F3N5O/c1-9(10-3-4-10)22(2)14(24)12-8-23(21-20-12)13-6-5-11(7-19-13)15(16,17)18/h5-10H,3-4H2,1-2H3/t9-/m0/s1. The molecule has 128 valence electrons. The maximum atomic E-state index is 12.5. The van der Waals surface area contributed by atoms with Gasteiger partial charge < -0.3 is 4.90 Å². The molecule has 1 atom stereocenters. The van der Waals surface area contributed by atoms with Gasteiger partial charge in [-0.3, -0.25) is 4.79 Å². The van der Waals surface area contributed by atoms with Crippen molar-refractivity contribution in [3.05, 3.63) is 35.8 Å². The van der Waals surface area contributed by atoms with E-state index in [4.69, 9.17) is 0 Å². The molecule has 24 heavy (non-hydrogen) atoms. The molecule has 0 spiro atoms. The summed E-state index contributed by atoms with van der Waals surface area (Å²) in [5.41, 5.74) is -0.715. The number of alkyl halides is 3. The minimum Gasteiger partial charge on any atom is -0.337 e. The van der Waals surface area contributed by atoms with E-state index < -0.39 is 11.7 Å². The van der Waals surface area contributed by atoms with Gasteiger partial charge in [0.05, 0.1) is 11.8 Å². The summed E-state index contributed by atoms with van der Waals surface area (Å²) >= 11 is 0. The average Bonchev–Trinajstić information content (AvgIpc) is 3.29. The Morgan fingerprint density at radius 2 is 2.08 bits per heavy atom. The van der Waals surface area contributed by atoms with Crippen molar-refractivity contribution in [1.82, 2.24) is 24.9 Å². The normalized spacial score (nSPS) is 16.0. The Kier molecular flexibility index (Phi) is 4.02. The first kappa shape index (κ1) is 16.4. The predicted octanol–water partition coefficient (Wildman–Crippen LogP) is 2.55. The first-order chi connectivity index (χ1) is 11.3. The smallest absolute Gasteiger partial charge is 0.337 e. The van der Waals surface area contributed by atoms with Crippen molar-refractivity contribution in [3.8, 4) is 5.82 Å². The van der Waals surface area contributed by atoms with Crippen molar-refractivity contribution < 1.29 is 18.0 Å². The van der Waals surface area contributed by atoms with Crippen LogP contribution < -0.4 is 0 Å². The van der Waals surface area contributed by atoms with Gasteiger partial charge in [0.15, 0.2) is 11.5 Å². The molecule has 0 bridgehead atoms. The van der Waals surface area contributed by atoms with Crippen LogP contribution in [0.2, 0.25) is 0 Å². The van der Waals surface area contributed by atoms with Crippen LogP contribution in [0.15, 0.2) is 24.5 Å². The van der Waals surface area contributed by atoms with Gasteiger partial charge in [0.2, 0.25) is 0 Å². The molecule has 6 nitrogen and oxygen atoms in total. The fourth-order valence-corrected chi connectivity index (χ4v) is 2.42.